The lowest BCUT2D eigenvalue weighted by Gasteiger charge is -2.12. The van der Waals surface area contributed by atoms with E-state index in [9.17, 15) is 4.79 Å². The fourth-order valence-electron chi connectivity index (χ4n) is 2.47. The maximum Gasteiger partial charge on any atom is 0.220 e. The number of hydrogen-bond acceptors (Lipinski definition) is 3. The van der Waals surface area contributed by atoms with Gasteiger partial charge in [0.2, 0.25) is 5.91 Å². The van der Waals surface area contributed by atoms with Crippen molar-refractivity contribution >= 4 is 29.9 Å². The largest absolute Gasteiger partial charge is 0.496 e. The van der Waals surface area contributed by atoms with Crippen LogP contribution in [0.5, 0.6) is 5.75 Å². The van der Waals surface area contributed by atoms with Crippen LogP contribution in [0, 0.1) is 5.92 Å². The number of ether oxygens (including phenoxy) is 1. The second-order valence-electron chi connectivity index (χ2n) is 5.09. The normalized spacial score (nSPS) is 17.1. The van der Waals surface area contributed by atoms with Gasteiger partial charge in [-0.3, -0.25) is 4.79 Å². The second kappa shape index (κ2) is 9.13. The maximum atomic E-state index is 11.9. The van der Waals surface area contributed by atoms with Crippen molar-refractivity contribution in [3.8, 4) is 5.75 Å². The first-order chi connectivity index (χ1) is 9.70. The fraction of sp³-hybridized carbons (Fsp3) is 0.533. The Hall–Kier alpha value is -0.970. The first-order valence-electron chi connectivity index (χ1n) is 6.99. The van der Waals surface area contributed by atoms with Crippen molar-refractivity contribution in [2.75, 3.05) is 20.2 Å². The number of methoxy groups -OCH3 is 1. The molecule has 0 bridgehead atoms. The minimum absolute atomic E-state index is 0. The Morgan fingerprint density at radius 1 is 1.52 bits per heavy atom. The number of amides is 1. The van der Waals surface area contributed by atoms with Gasteiger partial charge in [0.15, 0.2) is 0 Å². The molecular weight excluding hydrogens is 311 g/mol. The molecule has 2 N–H and O–H groups in total. The molecule has 2 rings (SSSR count). The molecule has 1 saturated heterocycles. The average molecular weight is 333 g/mol. The molecule has 1 unspecified atom stereocenters. The van der Waals surface area contributed by atoms with E-state index in [1.807, 2.05) is 12.1 Å². The molecule has 0 spiro atoms. The molecule has 1 aromatic rings. The fourth-order valence-corrected chi connectivity index (χ4v) is 2.71. The maximum absolute atomic E-state index is 11.9. The molecule has 4 nitrogen and oxygen atoms in total. The highest BCUT2D eigenvalue weighted by Crippen LogP contribution is 2.25. The van der Waals surface area contributed by atoms with Crippen molar-refractivity contribution in [1.82, 2.24) is 10.6 Å². The van der Waals surface area contributed by atoms with Crippen LogP contribution >= 0.6 is 24.0 Å². The molecule has 1 aliphatic rings. The Kier molecular flexibility index (Phi) is 7.86. The van der Waals surface area contributed by atoms with Gasteiger partial charge in [0.1, 0.15) is 5.75 Å². The Morgan fingerprint density at radius 2 is 2.33 bits per heavy atom. The van der Waals surface area contributed by atoms with Crippen LogP contribution in [0.3, 0.4) is 0 Å². The minimum atomic E-state index is 0. The molecular formula is C15H22Cl2N2O2. The highest BCUT2D eigenvalue weighted by molar-refractivity contribution is 6.31. The monoisotopic (exact) mass is 332 g/mol. The smallest absolute Gasteiger partial charge is 0.220 e. The summed E-state index contributed by atoms with van der Waals surface area (Å²) in [4.78, 5) is 11.9. The van der Waals surface area contributed by atoms with Gasteiger partial charge in [-0.15, -0.1) is 12.4 Å². The van der Waals surface area contributed by atoms with Crippen LogP contribution in [0.25, 0.3) is 0 Å². The molecule has 0 aliphatic carbocycles. The van der Waals surface area contributed by atoms with Gasteiger partial charge in [0, 0.05) is 23.6 Å². The number of rotatable bonds is 6. The van der Waals surface area contributed by atoms with E-state index in [2.05, 4.69) is 10.6 Å². The minimum Gasteiger partial charge on any atom is -0.496 e. The Labute approximate surface area is 137 Å². The standard InChI is InChI=1S/C15H21ClN2O2.ClH/c1-20-14-4-2-3-13(16)12(14)10-18-15(19)6-5-11-7-8-17-9-11;/h2-4,11,17H,5-10H2,1H3,(H,18,19);1H. The van der Waals surface area contributed by atoms with Crippen LogP contribution < -0.4 is 15.4 Å². The summed E-state index contributed by atoms with van der Waals surface area (Å²) < 4.78 is 5.26. The number of nitrogens with one attached hydrogen (secondary N) is 2. The summed E-state index contributed by atoms with van der Waals surface area (Å²) in [5.41, 5.74) is 0.826. The highest BCUT2D eigenvalue weighted by atomic mass is 35.5. The van der Waals surface area contributed by atoms with Crippen LogP contribution in [0.4, 0.5) is 0 Å². The summed E-state index contributed by atoms with van der Waals surface area (Å²) in [6.07, 6.45) is 2.68. The van der Waals surface area contributed by atoms with Gasteiger partial charge in [-0.2, -0.15) is 0 Å². The Morgan fingerprint density at radius 3 is 3.00 bits per heavy atom. The van der Waals surface area contributed by atoms with Crippen molar-refractivity contribution in [3.63, 3.8) is 0 Å². The van der Waals surface area contributed by atoms with E-state index >= 15 is 0 Å². The third-order valence-corrected chi connectivity index (χ3v) is 4.05. The zero-order valence-electron chi connectivity index (χ0n) is 12.2. The van der Waals surface area contributed by atoms with Gasteiger partial charge in [-0.1, -0.05) is 17.7 Å². The van der Waals surface area contributed by atoms with Crippen LogP contribution in [0.2, 0.25) is 5.02 Å². The summed E-state index contributed by atoms with van der Waals surface area (Å²) >= 11 is 6.13. The van der Waals surface area contributed by atoms with E-state index in [4.69, 9.17) is 16.3 Å². The molecule has 0 aromatic heterocycles. The van der Waals surface area contributed by atoms with Gasteiger partial charge >= 0.3 is 0 Å². The van der Waals surface area contributed by atoms with Crippen LogP contribution in [0.1, 0.15) is 24.8 Å². The lowest BCUT2D eigenvalue weighted by atomic mass is 10.0. The lowest BCUT2D eigenvalue weighted by Crippen LogP contribution is -2.24. The van der Waals surface area contributed by atoms with Gasteiger partial charge in [0.25, 0.3) is 0 Å². The topological polar surface area (TPSA) is 50.4 Å². The molecule has 1 amide bonds. The quantitative estimate of drug-likeness (QED) is 0.842. The van der Waals surface area contributed by atoms with Crippen molar-refractivity contribution in [1.29, 1.82) is 0 Å². The number of carbonyl (C=O) groups excluding carboxylic acids is 1. The van der Waals surface area contributed by atoms with Gasteiger partial charge < -0.3 is 15.4 Å². The number of halogens is 2. The van der Waals surface area contributed by atoms with E-state index in [1.165, 1.54) is 6.42 Å². The molecule has 0 radical (unpaired) electrons. The predicted octanol–water partition coefficient (Wildman–Crippen LogP) is 2.78. The predicted molar refractivity (Wildman–Crippen MR) is 87.3 cm³/mol. The molecule has 0 saturated carbocycles. The SMILES string of the molecule is COc1cccc(Cl)c1CNC(=O)CCC1CCNC1.Cl. The molecule has 1 aliphatic heterocycles. The van der Waals surface area contributed by atoms with Crippen LogP contribution in [0.15, 0.2) is 18.2 Å². The summed E-state index contributed by atoms with van der Waals surface area (Å²) in [5.74, 6) is 1.41. The average Bonchev–Trinajstić information content (AvgIpc) is 2.96. The van der Waals surface area contributed by atoms with E-state index in [0.29, 0.717) is 29.7 Å². The first-order valence-corrected chi connectivity index (χ1v) is 7.37. The van der Waals surface area contributed by atoms with Crippen molar-refractivity contribution < 1.29 is 9.53 Å². The van der Waals surface area contributed by atoms with Crippen LogP contribution in [-0.4, -0.2) is 26.1 Å². The number of benzene rings is 1. The number of hydrogen-bond donors (Lipinski definition) is 2. The zero-order chi connectivity index (χ0) is 14.4. The molecule has 6 heteroatoms. The zero-order valence-corrected chi connectivity index (χ0v) is 13.7. The van der Waals surface area contributed by atoms with Crippen molar-refractivity contribution in [2.45, 2.75) is 25.8 Å². The molecule has 21 heavy (non-hydrogen) atoms. The third-order valence-electron chi connectivity index (χ3n) is 3.70. The van der Waals surface area contributed by atoms with E-state index in [1.54, 1.807) is 13.2 Å². The summed E-state index contributed by atoms with van der Waals surface area (Å²) in [5, 5.41) is 6.84. The molecule has 1 aromatic carbocycles. The Bertz CT molecular complexity index is 463. The van der Waals surface area contributed by atoms with E-state index in [-0.39, 0.29) is 18.3 Å². The molecule has 1 heterocycles. The van der Waals surface area contributed by atoms with Gasteiger partial charge in [-0.25, -0.2) is 0 Å². The summed E-state index contributed by atoms with van der Waals surface area (Å²) in [6, 6.07) is 5.48. The van der Waals surface area contributed by atoms with E-state index in [0.717, 1.165) is 25.1 Å². The lowest BCUT2D eigenvalue weighted by molar-refractivity contribution is -0.121. The third kappa shape index (κ3) is 5.38. The van der Waals surface area contributed by atoms with Gasteiger partial charge in [0.05, 0.1) is 7.11 Å². The number of carbonyl (C=O) groups is 1. The summed E-state index contributed by atoms with van der Waals surface area (Å²) in [6.45, 7) is 2.51. The highest BCUT2D eigenvalue weighted by Gasteiger charge is 2.16. The van der Waals surface area contributed by atoms with E-state index < -0.39 is 0 Å². The molecule has 1 atom stereocenters. The van der Waals surface area contributed by atoms with Gasteiger partial charge in [-0.05, 0) is 44.0 Å². The van der Waals surface area contributed by atoms with Crippen molar-refractivity contribution in [3.05, 3.63) is 28.8 Å². The van der Waals surface area contributed by atoms with Crippen molar-refractivity contribution in [2.24, 2.45) is 5.92 Å². The Balaban J connectivity index is 0.00000220. The second-order valence-corrected chi connectivity index (χ2v) is 5.50. The molecule has 1 fully saturated rings. The summed E-state index contributed by atoms with van der Waals surface area (Å²) in [7, 11) is 1.60. The first kappa shape index (κ1) is 18.1. The molecule has 118 valence electrons. The van der Waals surface area contributed by atoms with Crippen LogP contribution in [-0.2, 0) is 11.3 Å².